The van der Waals surface area contributed by atoms with Crippen LogP contribution in [0.1, 0.15) is 35.4 Å². The first-order valence-electron chi connectivity index (χ1n) is 9.38. The highest BCUT2D eigenvalue weighted by atomic mass is 32.1. The smallest absolute Gasteiger partial charge is 0.243 e. The van der Waals surface area contributed by atoms with E-state index in [2.05, 4.69) is 28.6 Å². The summed E-state index contributed by atoms with van der Waals surface area (Å²) in [5.41, 5.74) is 3.25. The average Bonchev–Trinajstić information content (AvgIpc) is 3.12. The fraction of sp³-hybridized carbons (Fsp3) is 0.429. The third kappa shape index (κ3) is 4.76. The quantitative estimate of drug-likeness (QED) is 0.828. The number of aryl methyl sites for hydroxylation is 1. The number of hydrogen-bond acceptors (Lipinski definition) is 4. The largest absolute Gasteiger partial charge is 0.335 e. The molecule has 2 aromatic rings. The summed E-state index contributed by atoms with van der Waals surface area (Å²) in [5.74, 6) is -0.202. The van der Waals surface area contributed by atoms with Crippen LogP contribution >= 0.6 is 11.3 Å². The molecule has 3 rings (SSSR count). The molecule has 0 saturated carbocycles. The lowest BCUT2D eigenvalue weighted by atomic mass is 9.98. The van der Waals surface area contributed by atoms with Gasteiger partial charge in [0.15, 0.2) is 0 Å². The lowest BCUT2D eigenvalue weighted by Gasteiger charge is -2.35. The number of carbonyl (C=O) groups is 2. The van der Waals surface area contributed by atoms with Crippen molar-refractivity contribution in [2.45, 2.75) is 32.7 Å². The van der Waals surface area contributed by atoms with Crippen molar-refractivity contribution in [1.82, 2.24) is 9.80 Å². The van der Waals surface area contributed by atoms with Crippen molar-refractivity contribution < 1.29 is 9.59 Å². The van der Waals surface area contributed by atoms with Gasteiger partial charge in [0.25, 0.3) is 0 Å². The van der Waals surface area contributed by atoms with Crippen molar-refractivity contribution in [2.24, 2.45) is 0 Å². The highest BCUT2D eigenvalue weighted by Crippen LogP contribution is 2.34. The Balaban J connectivity index is 1.54. The van der Waals surface area contributed by atoms with Gasteiger partial charge >= 0.3 is 0 Å². The molecule has 5 nitrogen and oxygen atoms in total. The van der Waals surface area contributed by atoms with E-state index < -0.39 is 0 Å². The molecule has 0 saturated heterocycles. The Morgan fingerprint density at radius 2 is 2.00 bits per heavy atom. The SMILES string of the molecule is CCC1c2ccsc2CCN1CC(=O)N(C)CC(=O)Nc1ccc(C)cc1. The van der Waals surface area contributed by atoms with E-state index in [0.717, 1.165) is 30.6 Å². The first-order valence-corrected chi connectivity index (χ1v) is 10.3. The molecule has 1 N–H and O–H groups in total. The molecule has 1 aromatic heterocycles. The second kappa shape index (κ2) is 8.67. The summed E-state index contributed by atoms with van der Waals surface area (Å²) in [5, 5.41) is 4.98. The lowest BCUT2D eigenvalue weighted by molar-refractivity contribution is -0.135. The number of hydrogen-bond donors (Lipinski definition) is 1. The molecule has 1 aromatic carbocycles. The van der Waals surface area contributed by atoms with Gasteiger partial charge in [-0.25, -0.2) is 0 Å². The van der Waals surface area contributed by atoms with Gasteiger partial charge in [0.1, 0.15) is 0 Å². The number of thiophene rings is 1. The first-order chi connectivity index (χ1) is 13.0. The van der Waals surface area contributed by atoms with Crippen LogP contribution in [0.4, 0.5) is 5.69 Å². The number of carbonyl (C=O) groups excluding carboxylic acids is 2. The van der Waals surface area contributed by atoms with Crippen molar-refractivity contribution in [3.05, 3.63) is 51.7 Å². The van der Waals surface area contributed by atoms with Gasteiger partial charge in [-0.15, -0.1) is 11.3 Å². The third-order valence-corrected chi connectivity index (χ3v) is 6.07. The van der Waals surface area contributed by atoms with Crippen LogP contribution in [0, 0.1) is 6.92 Å². The van der Waals surface area contributed by atoms with Gasteiger partial charge in [-0.05, 0) is 48.9 Å². The maximum Gasteiger partial charge on any atom is 0.243 e. The number of nitrogens with zero attached hydrogens (tertiary/aromatic N) is 2. The molecule has 1 aliphatic heterocycles. The van der Waals surface area contributed by atoms with Gasteiger partial charge < -0.3 is 10.2 Å². The number of anilines is 1. The van der Waals surface area contributed by atoms with Crippen LogP contribution in [-0.4, -0.2) is 48.3 Å². The van der Waals surface area contributed by atoms with Gasteiger partial charge in [-0.3, -0.25) is 14.5 Å². The van der Waals surface area contributed by atoms with E-state index in [1.807, 2.05) is 31.2 Å². The highest BCUT2D eigenvalue weighted by molar-refractivity contribution is 7.10. The predicted octanol–water partition coefficient (Wildman–Crippen LogP) is 3.46. The van der Waals surface area contributed by atoms with E-state index in [1.54, 1.807) is 18.4 Å². The predicted molar refractivity (Wildman–Crippen MR) is 110 cm³/mol. The van der Waals surface area contributed by atoms with Gasteiger partial charge in [-0.1, -0.05) is 24.6 Å². The molecule has 0 spiro atoms. The Kier molecular flexibility index (Phi) is 6.29. The topological polar surface area (TPSA) is 52.7 Å². The van der Waals surface area contributed by atoms with E-state index in [1.165, 1.54) is 15.3 Å². The van der Waals surface area contributed by atoms with Crippen molar-refractivity contribution in [2.75, 3.05) is 32.0 Å². The Morgan fingerprint density at radius 3 is 2.70 bits per heavy atom. The van der Waals surface area contributed by atoms with Crippen LogP contribution in [-0.2, 0) is 16.0 Å². The zero-order chi connectivity index (χ0) is 19.4. The molecule has 1 unspecified atom stereocenters. The second-order valence-corrected chi connectivity index (χ2v) is 8.11. The molecule has 0 fully saturated rings. The fourth-order valence-electron chi connectivity index (χ4n) is 3.55. The minimum Gasteiger partial charge on any atom is -0.335 e. The Hall–Kier alpha value is -2.18. The maximum absolute atomic E-state index is 12.7. The molecule has 27 heavy (non-hydrogen) atoms. The number of rotatable bonds is 6. The summed E-state index contributed by atoms with van der Waals surface area (Å²) < 4.78 is 0. The van der Waals surface area contributed by atoms with E-state index in [0.29, 0.717) is 12.6 Å². The van der Waals surface area contributed by atoms with Crippen LogP contribution in [0.2, 0.25) is 0 Å². The summed E-state index contributed by atoms with van der Waals surface area (Å²) >= 11 is 1.81. The van der Waals surface area contributed by atoms with Crippen LogP contribution < -0.4 is 5.32 Å². The van der Waals surface area contributed by atoms with E-state index in [9.17, 15) is 9.59 Å². The van der Waals surface area contributed by atoms with E-state index in [-0.39, 0.29) is 18.4 Å². The zero-order valence-electron chi connectivity index (χ0n) is 16.2. The molecule has 0 radical (unpaired) electrons. The molecule has 0 bridgehead atoms. The number of benzene rings is 1. The number of likely N-dealkylation sites (N-methyl/N-ethyl adjacent to an activating group) is 1. The average molecular weight is 386 g/mol. The summed E-state index contributed by atoms with van der Waals surface area (Å²) in [6.45, 7) is 5.46. The van der Waals surface area contributed by atoms with Crippen LogP contribution in [0.3, 0.4) is 0 Å². The molecular formula is C21H27N3O2S. The Labute approximate surface area is 165 Å². The summed E-state index contributed by atoms with van der Waals surface area (Å²) in [6, 6.07) is 10.1. The number of nitrogens with one attached hydrogen (secondary N) is 1. The summed E-state index contributed by atoms with van der Waals surface area (Å²) in [4.78, 5) is 30.1. The highest BCUT2D eigenvalue weighted by Gasteiger charge is 2.29. The second-order valence-electron chi connectivity index (χ2n) is 7.11. The van der Waals surface area contributed by atoms with Gasteiger partial charge in [-0.2, -0.15) is 0 Å². The van der Waals surface area contributed by atoms with Gasteiger partial charge in [0, 0.05) is 30.2 Å². The molecule has 1 aliphatic rings. The fourth-order valence-corrected chi connectivity index (χ4v) is 4.48. The molecule has 0 aliphatic carbocycles. The molecule has 6 heteroatoms. The van der Waals surface area contributed by atoms with Crippen molar-refractivity contribution in [3.63, 3.8) is 0 Å². The van der Waals surface area contributed by atoms with Crippen molar-refractivity contribution in [1.29, 1.82) is 0 Å². The standard InChI is InChI=1S/C21H27N3O2S/c1-4-18-17-10-12-27-19(17)9-11-24(18)14-21(26)23(3)13-20(25)22-16-7-5-15(2)6-8-16/h5-8,10,12,18H,4,9,11,13-14H2,1-3H3,(H,22,25). The van der Waals surface area contributed by atoms with E-state index >= 15 is 0 Å². The molecule has 1 atom stereocenters. The minimum absolute atomic E-state index is 0.0221. The maximum atomic E-state index is 12.7. The first kappa shape index (κ1) is 19.6. The Bertz CT molecular complexity index is 800. The number of amides is 2. The van der Waals surface area contributed by atoms with Crippen LogP contribution in [0.5, 0.6) is 0 Å². The Morgan fingerprint density at radius 1 is 1.26 bits per heavy atom. The van der Waals surface area contributed by atoms with Crippen molar-refractivity contribution >= 4 is 28.8 Å². The molecular weight excluding hydrogens is 358 g/mol. The molecule has 2 amide bonds. The molecule has 2 heterocycles. The van der Waals surface area contributed by atoms with Crippen LogP contribution in [0.15, 0.2) is 35.7 Å². The van der Waals surface area contributed by atoms with Crippen LogP contribution in [0.25, 0.3) is 0 Å². The third-order valence-electron chi connectivity index (χ3n) is 5.07. The van der Waals surface area contributed by atoms with Crippen molar-refractivity contribution in [3.8, 4) is 0 Å². The summed E-state index contributed by atoms with van der Waals surface area (Å²) in [7, 11) is 1.69. The van der Waals surface area contributed by atoms with Gasteiger partial charge in [0.2, 0.25) is 11.8 Å². The summed E-state index contributed by atoms with van der Waals surface area (Å²) in [6.07, 6.45) is 1.98. The number of fused-ring (bicyclic) bond motifs is 1. The monoisotopic (exact) mass is 385 g/mol. The molecule has 144 valence electrons. The zero-order valence-corrected chi connectivity index (χ0v) is 17.0. The van der Waals surface area contributed by atoms with Gasteiger partial charge in [0.05, 0.1) is 13.1 Å². The van der Waals surface area contributed by atoms with E-state index in [4.69, 9.17) is 0 Å². The minimum atomic E-state index is -0.180. The lowest BCUT2D eigenvalue weighted by Crippen LogP contribution is -2.44. The normalized spacial score (nSPS) is 16.6.